The summed E-state index contributed by atoms with van der Waals surface area (Å²) in [5.41, 5.74) is 8.29. The molecule has 96 valence electrons. The second kappa shape index (κ2) is 5.87. The van der Waals surface area contributed by atoms with Crippen molar-refractivity contribution in [3.63, 3.8) is 0 Å². The molecule has 2 N–H and O–H groups in total. The molecule has 1 atom stereocenters. The van der Waals surface area contributed by atoms with Crippen LogP contribution >= 0.6 is 23.1 Å². The summed E-state index contributed by atoms with van der Waals surface area (Å²) in [6.07, 6.45) is 0. The molecule has 2 rings (SSSR count). The van der Waals surface area contributed by atoms with E-state index in [2.05, 4.69) is 36.2 Å². The molecule has 0 saturated heterocycles. The maximum absolute atomic E-state index is 5.92. The van der Waals surface area contributed by atoms with Gasteiger partial charge in [-0.1, -0.05) is 17.7 Å². The molecular weight excluding hydrogens is 260 g/mol. The van der Waals surface area contributed by atoms with Crippen LogP contribution in [-0.4, -0.2) is 4.98 Å². The summed E-state index contributed by atoms with van der Waals surface area (Å²) in [5.74, 6) is 0.918. The first-order valence-corrected chi connectivity index (χ1v) is 7.77. The van der Waals surface area contributed by atoms with Gasteiger partial charge in [0.05, 0.1) is 11.4 Å². The van der Waals surface area contributed by atoms with E-state index in [-0.39, 0.29) is 6.04 Å². The predicted octanol–water partition coefficient (Wildman–Crippen LogP) is 4.07. The van der Waals surface area contributed by atoms with Gasteiger partial charge in [0.2, 0.25) is 0 Å². The lowest BCUT2D eigenvalue weighted by Gasteiger charge is -2.00. The smallest absolute Gasteiger partial charge is 0.103 e. The highest BCUT2D eigenvalue weighted by molar-refractivity contribution is 7.98. The zero-order valence-corrected chi connectivity index (χ0v) is 12.6. The molecule has 0 amide bonds. The summed E-state index contributed by atoms with van der Waals surface area (Å²) in [7, 11) is 0. The van der Waals surface area contributed by atoms with Crippen molar-refractivity contribution in [3.8, 4) is 0 Å². The Labute approximate surface area is 117 Å². The first kappa shape index (κ1) is 13.6. The number of nitrogens with zero attached hydrogens (tertiary/aromatic N) is 1. The van der Waals surface area contributed by atoms with Gasteiger partial charge in [-0.2, -0.15) is 0 Å². The van der Waals surface area contributed by atoms with Gasteiger partial charge in [-0.25, -0.2) is 4.98 Å². The van der Waals surface area contributed by atoms with Crippen molar-refractivity contribution in [1.29, 1.82) is 0 Å². The van der Waals surface area contributed by atoms with E-state index in [0.29, 0.717) is 0 Å². The minimum Gasteiger partial charge on any atom is -0.323 e. The molecule has 1 aromatic carbocycles. The minimum atomic E-state index is 0.0839. The van der Waals surface area contributed by atoms with Crippen LogP contribution < -0.4 is 5.73 Å². The second-order valence-electron chi connectivity index (χ2n) is 4.45. The fourth-order valence-corrected chi connectivity index (χ4v) is 3.64. The van der Waals surface area contributed by atoms with Crippen LogP contribution in [0.25, 0.3) is 0 Å². The van der Waals surface area contributed by atoms with Gasteiger partial charge in [0.25, 0.3) is 0 Å². The Morgan fingerprint density at radius 3 is 2.50 bits per heavy atom. The summed E-state index contributed by atoms with van der Waals surface area (Å²) in [6.45, 7) is 6.15. The van der Waals surface area contributed by atoms with E-state index in [9.17, 15) is 0 Å². The third-order valence-electron chi connectivity index (χ3n) is 2.67. The van der Waals surface area contributed by atoms with E-state index in [1.54, 1.807) is 11.3 Å². The summed E-state index contributed by atoms with van der Waals surface area (Å²) in [4.78, 5) is 7.07. The number of thioether (sulfide) groups is 1. The average molecular weight is 278 g/mol. The number of nitrogens with two attached hydrogens (primary N) is 1. The average Bonchev–Trinajstić information content (AvgIpc) is 2.70. The lowest BCUT2D eigenvalue weighted by Crippen LogP contribution is -2.03. The second-order valence-corrected chi connectivity index (χ2v) is 6.61. The van der Waals surface area contributed by atoms with Gasteiger partial charge in [0, 0.05) is 15.8 Å². The zero-order chi connectivity index (χ0) is 13.1. The third-order valence-corrected chi connectivity index (χ3v) is 5.24. The SMILES string of the molecule is Cc1ccc(SCc2nc(C)c(C(C)N)s2)cc1. The number of aryl methyl sites for hydroxylation is 2. The minimum absolute atomic E-state index is 0.0839. The first-order chi connectivity index (χ1) is 8.56. The highest BCUT2D eigenvalue weighted by atomic mass is 32.2. The molecule has 4 heteroatoms. The Morgan fingerprint density at radius 1 is 1.28 bits per heavy atom. The van der Waals surface area contributed by atoms with Gasteiger partial charge in [0.15, 0.2) is 0 Å². The normalized spacial score (nSPS) is 12.7. The van der Waals surface area contributed by atoms with Gasteiger partial charge in [-0.3, -0.25) is 0 Å². The molecule has 0 spiro atoms. The van der Waals surface area contributed by atoms with Gasteiger partial charge in [-0.15, -0.1) is 23.1 Å². The molecule has 0 radical (unpaired) electrons. The van der Waals surface area contributed by atoms with Gasteiger partial charge < -0.3 is 5.73 Å². The van der Waals surface area contributed by atoms with E-state index in [0.717, 1.165) is 16.5 Å². The van der Waals surface area contributed by atoms with E-state index in [1.165, 1.54) is 15.3 Å². The molecule has 0 saturated carbocycles. The lowest BCUT2D eigenvalue weighted by atomic mass is 10.2. The quantitative estimate of drug-likeness (QED) is 0.857. The molecule has 1 unspecified atom stereocenters. The summed E-state index contributed by atoms with van der Waals surface area (Å²) < 4.78 is 0. The van der Waals surface area contributed by atoms with Gasteiger partial charge in [-0.05, 0) is 32.9 Å². The van der Waals surface area contributed by atoms with Crippen LogP contribution in [0, 0.1) is 13.8 Å². The van der Waals surface area contributed by atoms with Crippen LogP contribution in [0.3, 0.4) is 0 Å². The highest BCUT2D eigenvalue weighted by Gasteiger charge is 2.11. The Kier molecular flexibility index (Phi) is 4.43. The summed E-state index contributed by atoms with van der Waals surface area (Å²) >= 11 is 3.56. The molecule has 2 aromatic rings. The van der Waals surface area contributed by atoms with E-state index >= 15 is 0 Å². The molecule has 1 heterocycles. The molecule has 18 heavy (non-hydrogen) atoms. The van der Waals surface area contributed by atoms with Crippen LogP contribution in [-0.2, 0) is 5.75 Å². The highest BCUT2D eigenvalue weighted by Crippen LogP contribution is 2.29. The molecular formula is C14H18N2S2. The van der Waals surface area contributed by atoms with Crippen molar-refractivity contribution in [2.45, 2.75) is 37.5 Å². The largest absolute Gasteiger partial charge is 0.323 e. The molecule has 0 aliphatic heterocycles. The van der Waals surface area contributed by atoms with Crippen LogP contribution in [0.4, 0.5) is 0 Å². The Morgan fingerprint density at radius 2 is 1.94 bits per heavy atom. The van der Waals surface area contributed by atoms with Crippen LogP contribution in [0.5, 0.6) is 0 Å². The predicted molar refractivity (Wildman–Crippen MR) is 80.2 cm³/mol. The van der Waals surface area contributed by atoms with E-state index < -0.39 is 0 Å². The molecule has 0 aliphatic rings. The summed E-state index contributed by atoms with van der Waals surface area (Å²) in [5, 5.41) is 1.16. The number of rotatable bonds is 4. The number of hydrogen-bond acceptors (Lipinski definition) is 4. The maximum Gasteiger partial charge on any atom is 0.103 e. The number of aromatic nitrogens is 1. The fraction of sp³-hybridized carbons (Fsp3) is 0.357. The number of hydrogen-bond donors (Lipinski definition) is 1. The van der Waals surface area contributed by atoms with Gasteiger partial charge >= 0.3 is 0 Å². The van der Waals surface area contributed by atoms with Crippen molar-refractivity contribution < 1.29 is 0 Å². The molecule has 0 bridgehead atoms. The van der Waals surface area contributed by atoms with Crippen LogP contribution in [0.15, 0.2) is 29.2 Å². The van der Waals surface area contributed by atoms with Crippen molar-refractivity contribution in [3.05, 3.63) is 45.4 Å². The summed E-state index contributed by atoms with van der Waals surface area (Å²) in [6, 6.07) is 8.69. The topological polar surface area (TPSA) is 38.9 Å². The third kappa shape index (κ3) is 3.34. The fourth-order valence-electron chi connectivity index (χ4n) is 1.73. The first-order valence-electron chi connectivity index (χ1n) is 5.97. The van der Waals surface area contributed by atoms with Crippen molar-refractivity contribution in [2.24, 2.45) is 5.73 Å². The Hall–Kier alpha value is -0.840. The van der Waals surface area contributed by atoms with E-state index in [4.69, 9.17) is 5.73 Å². The Bertz CT molecular complexity index is 515. The molecule has 0 aliphatic carbocycles. The molecule has 2 nitrogen and oxygen atoms in total. The number of thiazole rings is 1. The van der Waals surface area contributed by atoms with Crippen LogP contribution in [0.1, 0.15) is 34.1 Å². The Balaban J connectivity index is 2.02. The number of benzene rings is 1. The van der Waals surface area contributed by atoms with Crippen molar-refractivity contribution in [1.82, 2.24) is 4.98 Å². The van der Waals surface area contributed by atoms with Crippen LogP contribution in [0.2, 0.25) is 0 Å². The maximum atomic E-state index is 5.92. The van der Waals surface area contributed by atoms with Crippen molar-refractivity contribution >= 4 is 23.1 Å². The molecule has 0 fully saturated rings. The standard InChI is InChI=1S/C14H18N2S2/c1-9-4-6-12(7-5-9)17-8-13-16-11(3)14(18-13)10(2)15/h4-7,10H,8,15H2,1-3H3. The lowest BCUT2D eigenvalue weighted by molar-refractivity contribution is 0.825. The molecule has 1 aromatic heterocycles. The monoisotopic (exact) mass is 278 g/mol. The van der Waals surface area contributed by atoms with Crippen molar-refractivity contribution in [2.75, 3.05) is 0 Å². The zero-order valence-electron chi connectivity index (χ0n) is 10.9. The van der Waals surface area contributed by atoms with Gasteiger partial charge in [0.1, 0.15) is 5.01 Å². The van der Waals surface area contributed by atoms with E-state index in [1.807, 2.05) is 25.6 Å².